The number of ether oxygens (including phenoxy) is 1. The maximum atomic E-state index is 11.7. The van der Waals surface area contributed by atoms with Gasteiger partial charge in [-0.05, 0) is 18.2 Å². The van der Waals surface area contributed by atoms with Crippen molar-refractivity contribution < 1.29 is 14.3 Å². The molecule has 0 fully saturated rings. The van der Waals surface area contributed by atoms with Gasteiger partial charge in [0.05, 0.1) is 7.11 Å². The lowest BCUT2D eigenvalue weighted by atomic mass is 10.3. The number of esters is 1. The topological polar surface area (TPSA) is 97.0 Å². The minimum Gasteiger partial charge on any atom is -0.468 e. The fourth-order valence-corrected chi connectivity index (χ4v) is 1.65. The molecule has 0 saturated heterocycles. The molecule has 0 unspecified atom stereocenters. The van der Waals surface area contributed by atoms with E-state index >= 15 is 0 Å². The molecular weight excluding hydrogens is 364 g/mol. The summed E-state index contributed by atoms with van der Waals surface area (Å²) in [6.07, 6.45) is 0. The van der Waals surface area contributed by atoms with Crippen LogP contribution in [0.5, 0.6) is 0 Å². The summed E-state index contributed by atoms with van der Waals surface area (Å²) >= 11 is 3.29. The molecule has 0 aliphatic heterocycles. The Hall–Kier alpha value is -1.80. The van der Waals surface area contributed by atoms with Crippen molar-refractivity contribution in [3.63, 3.8) is 0 Å². The third-order valence-corrected chi connectivity index (χ3v) is 2.77. The molecule has 0 aliphatic rings. The first kappa shape index (κ1) is 19.2. The normalized spacial score (nSPS) is 10.3. The number of methoxy groups -OCH3 is 1. The number of benzene rings is 1. The molecule has 0 aliphatic carbocycles. The molecule has 1 aromatic rings. The molecule has 9 heteroatoms. The Balaban J connectivity index is 0.00000400. The van der Waals surface area contributed by atoms with Gasteiger partial charge in [-0.2, -0.15) is 4.99 Å². The number of halogens is 2. The van der Waals surface area contributed by atoms with E-state index in [1.165, 1.54) is 19.1 Å². The van der Waals surface area contributed by atoms with Crippen LogP contribution in [0.4, 0.5) is 10.5 Å². The molecule has 0 saturated carbocycles. The highest BCUT2D eigenvalue weighted by atomic mass is 79.9. The second kappa shape index (κ2) is 9.19. The molecule has 2 amide bonds. The molecule has 1 rings (SSSR count). The van der Waals surface area contributed by atoms with E-state index in [0.717, 1.165) is 4.47 Å². The van der Waals surface area contributed by atoms with Crippen LogP contribution in [0.3, 0.4) is 0 Å². The third-order valence-electron chi connectivity index (χ3n) is 2.28. The number of hydrogen-bond donors (Lipinski definition) is 2. The van der Waals surface area contributed by atoms with Gasteiger partial charge in [0.25, 0.3) is 0 Å². The molecule has 0 aromatic heterocycles. The van der Waals surface area contributed by atoms with Crippen molar-refractivity contribution in [3.05, 3.63) is 28.7 Å². The van der Waals surface area contributed by atoms with Gasteiger partial charge in [-0.25, -0.2) is 4.79 Å². The van der Waals surface area contributed by atoms with Crippen molar-refractivity contribution >= 4 is 52.0 Å². The Morgan fingerprint density at radius 2 is 2.14 bits per heavy atom. The summed E-state index contributed by atoms with van der Waals surface area (Å²) in [6, 6.07) is 6.42. The number of nitrogens with one attached hydrogen (secondary N) is 1. The Morgan fingerprint density at radius 1 is 1.48 bits per heavy atom. The highest BCUT2D eigenvalue weighted by Crippen LogP contribution is 2.15. The van der Waals surface area contributed by atoms with Crippen LogP contribution in [0.1, 0.15) is 0 Å². The predicted molar refractivity (Wildman–Crippen MR) is 86.7 cm³/mol. The van der Waals surface area contributed by atoms with Gasteiger partial charge in [-0.3, -0.25) is 4.79 Å². The van der Waals surface area contributed by atoms with Crippen molar-refractivity contribution in [2.45, 2.75) is 0 Å². The average Bonchev–Trinajstić information content (AvgIpc) is 2.38. The van der Waals surface area contributed by atoms with Crippen LogP contribution in [0.2, 0.25) is 0 Å². The number of aliphatic imine (C=N–C) groups is 1. The lowest BCUT2D eigenvalue weighted by molar-refractivity contribution is -0.140. The minimum atomic E-state index is -0.627. The molecule has 3 N–H and O–H groups in total. The van der Waals surface area contributed by atoms with Crippen LogP contribution in [0, 0.1) is 0 Å². The van der Waals surface area contributed by atoms with Crippen molar-refractivity contribution in [2.24, 2.45) is 10.7 Å². The van der Waals surface area contributed by atoms with E-state index in [4.69, 9.17) is 5.73 Å². The number of likely N-dealkylation sites (N-methyl/N-ethyl adjacent to an activating group) is 1. The number of nitrogens with two attached hydrogens (primary N) is 1. The van der Waals surface area contributed by atoms with Gasteiger partial charge in [-0.15, -0.1) is 12.4 Å². The van der Waals surface area contributed by atoms with Crippen molar-refractivity contribution in [1.82, 2.24) is 4.90 Å². The lowest BCUT2D eigenvalue weighted by Crippen LogP contribution is -2.39. The summed E-state index contributed by atoms with van der Waals surface area (Å²) in [7, 11) is 2.80. The van der Waals surface area contributed by atoms with E-state index in [9.17, 15) is 9.59 Å². The Morgan fingerprint density at radius 3 is 2.71 bits per heavy atom. The molecule has 7 nitrogen and oxygen atoms in total. The van der Waals surface area contributed by atoms with E-state index in [1.54, 1.807) is 18.2 Å². The summed E-state index contributed by atoms with van der Waals surface area (Å²) < 4.78 is 5.32. The van der Waals surface area contributed by atoms with Crippen LogP contribution >= 0.6 is 28.3 Å². The summed E-state index contributed by atoms with van der Waals surface area (Å²) in [5.74, 6) is -0.555. The van der Waals surface area contributed by atoms with E-state index < -0.39 is 12.0 Å². The molecule has 0 heterocycles. The van der Waals surface area contributed by atoms with Crippen LogP contribution in [0.25, 0.3) is 0 Å². The number of anilines is 1. The van der Waals surface area contributed by atoms with Gasteiger partial charge in [0.1, 0.15) is 6.54 Å². The van der Waals surface area contributed by atoms with Crippen molar-refractivity contribution in [3.8, 4) is 0 Å². The fraction of sp³-hybridized carbons (Fsp3) is 0.250. The third kappa shape index (κ3) is 6.96. The largest absolute Gasteiger partial charge is 0.468 e. The van der Waals surface area contributed by atoms with E-state index in [0.29, 0.717) is 5.69 Å². The Bertz CT molecular complexity index is 539. The predicted octanol–water partition coefficient (Wildman–Crippen LogP) is 1.82. The summed E-state index contributed by atoms with van der Waals surface area (Å²) in [5.41, 5.74) is 6.18. The number of guanidine groups is 1. The first-order valence-electron chi connectivity index (χ1n) is 5.61. The number of carbonyl (C=O) groups is 2. The standard InChI is InChI=1S/C12H15BrN4O3.ClH/c1-17(7-10(18)20-2)11(14)16-12(19)15-9-5-3-4-8(13)6-9;/h3-6H,7H2,1-2H3,(H3,14,15,16,19);1H. The molecule has 116 valence electrons. The molecule has 0 bridgehead atoms. The fourth-order valence-electron chi connectivity index (χ4n) is 1.25. The zero-order valence-corrected chi connectivity index (χ0v) is 13.9. The molecular formula is C12H16BrClN4O3. The van der Waals surface area contributed by atoms with Gasteiger partial charge in [0, 0.05) is 17.2 Å². The van der Waals surface area contributed by atoms with Gasteiger partial charge in [0.15, 0.2) is 0 Å². The molecule has 1 aromatic carbocycles. The molecule has 21 heavy (non-hydrogen) atoms. The zero-order chi connectivity index (χ0) is 15.1. The molecule has 0 radical (unpaired) electrons. The van der Waals surface area contributed by atoms with E-state index in [2.05, 4.69) is 31.0 Å². The highest BCUT2D eigenvalue weighted by molar-refractivity contribution is 9.10. The van der Waals surface area contributed by atoms with Gasteiger partial charge in [-0.1, -0.05) is 22.0 Å². The maximum absolute atomic E-state index is 11.7. The number of carbonyl (C=O) groups excluding carboxylic acids is 2. The molecule has 0 spiro atoms. The number of rotatable bonds is 3. The SMILES string of the molecule is COC(=O)CN(C)C(N)=NC(=O)Nc1cccc(Br)c1.Cl. The maximum Gasteiger partial charge on any atom is 0.348 e. The average molecular weight is 380 g/mol. The minimum absolute atomic E-state index is 0. The number of amides is 2. The van der Waals surface area contributed by atoms with E-state index in [1.807, 2.05) is 6.07 Å². The van der Waals surface area contributed by atoms with Crippen molar-refractivity contribution in [2.75, 3.05) is 26.0 Å². The highest BCUT2D eigenvalue weighted by Gasteiger charge is 2.10. The van der Waals surface area contributed by atoms with Gasteiger partial charge >= 0.3 is 12.0 Å². The van der Waals surface area contributed by atoms with Crippen LogP contribution in [0.15, 0.2) is 33.7 Å². The summed E-state index contributed by atoms with van der Waals surface area (Å²) in [4.78, 5) is 27.7. The van der Waals surface area contributed by atoms with Crippen LogP contribution in [-0.2, 0) is 9.53 Å². The second-order valence-electron chi connectivity index (χ2n) is 3.84. The van der Waals surface area contributed by atoms with Crippen molar-refractivity contribution in [1.29, 1.82) is 0 Å². The quantitative estimate of drug-likeness (QED) is 0.474. The van der Waals surface area contributed by atoms with E-state index in [-0.39, 0.29) is 24.9 Å². The van der Waals surface area contributed by atoms with Crippen LogP contribution < -0.4 is 11.1 Å². The number of nitrogens with zero attached hydrogens (tertiary/aromatic N) is 2. The second-order valence-corrected chi connectivity index (χ2v) is 4.76. The number of hydrogen-bond acceptors (Lipinski definition) is 3. The van der Waals surface area contributed by atoms with Crippen LogP contribution in [-0.4, -0.2) is 43.6 Å². The monoisotopic (exact) mass is 378 g/mol. The number of urea groups is 1. The summed E-state index contributed by atoms with van der Waals surface area (Å²) in [5, 5.41) is 2.56. The van der Waals surface area contributed by atoms with Gasteiger partial charge < -0.3 is 20.7 Å². The first-order chi connectivity index (χ1) is 9.42. The molecule has 0 atom stereocenters. The Labute approximate surface area is 137 Å². The first-order valence-corrected chi connectivity index (χ1v) is 6.40. The Kier molecular flexibility index (Phi) is 8.41. The van der Waals surface area contributed by atoms with Gasteiger partial charge in [0.2, 0.25) is 5.96 Å². The zero-order valence-electron chi connectivity index (χ0n) is 11.5. The lowest BCUT2D eigenvalue weighted by Gasteiger charge is -2.15. The smallest absolute Gasteiger partial charge is 0.348 e. The summed E-state index contributed by atoms with van der Waals surface area (Å²) in [6.45, 7) is -0.0873.